The average molecular weight is 251 g/mol. The Kier molecular flexibility index (Phi) is 4.99. The summed E-state index contributed by atoms with van der Waals surface area (Å²) in [5, 5.41) is 12.8. The molecular weight excluding hydrogens is 230 g/mol. The van der Waals surface area contributed by atoms with E-state index in [0.717, 1.165) is 18.7 Å². The lowest BCUT2D eigenvalue weighted by Crippen LogP contribution is -2.36. The minimum absolute atomic E-state index is 0.168. The van der Waals surface area contributed by atoms with Crippen LogP contribution in [0.3, 0.4) is 0 Å². The molecule has 0 radical (unpaired) electrons. The monoisotopic (exact) mass is 251 g/mol. The third-order valence-electron chi connectivity index (χ3n) is 2.98. The first kappa shape index (κ1) is 13.3. The van der Waals surface area contributed by atoms with Gasteiger partial charge in [-0.3, -0.25) is 0 Å². The summed E-state index contributed by atoms with van der Waals surface area (Å²) in [6.07, 6.45) is 0.653. The number of aliphatic hydroxyl groups excluding tert-OH is 1. The summed E-state index contributed by atoms with van der Waals surface area (Å²) in [5.41, 5.74) is 1.26. The maximum atomic E-state index is 9.60. The van der Waals surface area contributed by atoms with Crippen molar-refractivity contribution < 1.29 is 14.6 Å². The van der Waals surface area contributed by atoms with Gasteiger partial charge in [0.2, 0.25) is 0 Å². The fourth-order valence-corrected chi connectivity index (χ4v) is 2.09. The number of nitrogens with one attached hydrogen (secondary N) is 1. The zero-order valence-corrected chi connectivity index (χ0v) is 10.8. The van der Waals surface area contributed by atoms with E-state index in [9.17, 15) is 5.11 Å². The van der Waals surface area contributed by atoms with Gasteiger partial charge in [-0.05, 0) is 18.6 Å². The summed E-state index contributed by atoms with van der Waals surface area (Å²) in [5.74, 6) is 0.985. The summed E-state index contributed by atoms with van der Waals surface area (Å²) >= 11 is 0. The molecule has 0 spiro atoms. The van der Waals surface area contributed by atoms with Crippen LogP contribution in [-0.4, -0.2) is 43.6 Å². The van der Waals surface area contributed by atoms with E-state index in [1.54, 1.807) is 0 Å². The first-order chi connectivity index (χ1) is 8.79. The summed E-state index contributed by atoms with van der Waals surface area (Å²) < 4.78 is 10.9. The van der Waals surface area contributed by atoms with Gasteiger partial charge in [-0.15, -0.1) is 0 Å². The van der Waals surface area contributed by atoms with E-state index in [2.05, 4.69) is 11.4 Å². The van der Waals surface area contributed by atoms with E-state index in [1.807, 2.05) is 25.1 Å². The Bertz CT molecular complexity index is 345. The molecule has 0 aromatic heterocycles. The van der Waals surface area contributed by atoms with Crippen molar-refractivity contribution in [1.29, 1.82) is 0 Å². The molecule has 0 saturated heterocycles. The van der Waals surface area contributed by atoms with E-state index >= 15 is 0 Å². The molecule has 1 aliphatic rings. The topological polar surface area (TPSA) is 50.7 Å². The minimum atomic E-state index is -0.450. The lowest BCUT2D eigenvalue weighted by atomic mass is 10.1. The van der Waals surface area contributed by atoms with E-state index in [1.165, 1.54) is 5.56 Å². The van der Waals surface area contributed by atoms with Crippen LogP contribution in [0.4, 0.5) is 0 Å². The van der Waals surface area contributed by atoms with Gasteiger partial charge in [0.1, 0.15) is 11.9 Å². The first-order valence-corrected chi connectivity index (χ1v) is 6.50. The second-order valence-corrected chi connectivity index (χ2v) is 4.52. The number of rotatable bonds is 7. The zero-order valence-electron chi connectivity index (χ0n) is 10.8. The van der Waals surface area contributed by atoms with Gasteiger partial charge in [0.25, 0.3) is 0 Å². The lowest BCUT2D eigenvalue weighted by molar-refractivity contribution is 0.0417. The molecule has 0 saturated carbocycles. The molecule has 100 valence electrons. The smallest absolute Gasteiger partial charge is 0.123 e. The van der Waals surface area contributed by atoms with Gasteiger partial charge >= 0.3 is 0 Å². The van der Waals surface area contributed by atoms with Crippen molar-refractivity contribution >= 4 is 0 Å². The van der Waals surface area contributed by atoms with Crippen LogP contribution in [0.1, 0.15) is 12.5 Å². The maximum Gasteiger partial charge on any atom is 0.123 e. The number of hydrogen-bond donors (Lipinski definition) is 2. The van der Waals surface area contributed by atoms with Crippen molar-refractivity contribution in [3.8, 4) is 5.75 Å². The molecule has 0 amide bonds. The molecule has 0 fully saturated rings. The fourth-order valence-electron chi connectivity index (χ4n) is 2.09. The molecule has 0 aliphatic carbocycles. The minimum Gasteiger partial charge on any atom is -0.488 e. The van der Waals surface area contributed by atoms with Crippen molar-refractivity contribution in [2.24, 2.45) is 0 Å². The highest BCUT2D eigenvalue weighted by Crippen LogP contribution is 2.27. The highest BCUT2D eigenvalue weighted by molar-refractivity contribution is 5.37. The molecule has 18 heavy (non-hydrogen) atoms. The highest BCUT2D eigenvalue weighted by Gasteiger charge is 2.21. The van der Waals surface area contributed by atoms with Crippen molar-refractivity contribution in [2.75, 3.05) is 26.3 Å². The molecule has 1 heterocycles. The Morgan fingerprint density at radius 2 is 2.33 bits per heavy atom. The Balaban J connectivity index is 1.65. The molecule has 1 aliphatic heterocycles. The second-order valence-electron chi connectivity index (χ2n) is 4.52. The van der Waals surface area contributed by atoms with Gasteiger partial charge in [-0.2, -0.15) is 0 Å². The summed E-state index contributed by atoms with van der Waals surface area (Å²) in [4.78, 5) is 0. The Morgan fingerprint density at radius 3 is 3.11 bits per heavy atom. The number of aliphatic hydroxyl groups is 1. The molecule has 2 unspecified atom stereocenters. The maximum absolute atomic E-state index is 9.60. The first-order valence-electron chi connectivity index (χ1n) is 6.50. The molecule has 1 aromatic carbocycles. The standard InChI is InChI=1S/C14H21NO3/c1-2-17-10-12(16)8-15-9-13-7-11-5-3-4-6-14(11)18-13/h3-6,12-13,15-16H,2,7-10H2,1H3. The predicted octanol–water partition coefficient (Wildman–Crippen LogP) is 0.977. The van der Waals surface area contributed by atoms with Crippen molar-refractivity contribution in [2.45, 2.75) is 25.6 Å². The van der Waals surface area contributed by atoms with Crippen LogP contribution in [0, 0.1) is 0 Å². The van der Waals surface area contributed by atoms with Crippen LogP contribution in [0.2, 0.25) is 0 Å². The quantitative estimate of drug-likeness (QED) is 0.758. The molecule has 0 bridgehead atoms. The van der Waals surface area contributed by atoms with E-state index in [4.69, 9.17) is 9.47 Å². The molecule has 1 aromatic rings. The SMILES string of the molecule is CCOCC(O)CNCC1Cc2ccccc2O1. The Labute approximate surface area is 108 Å². The van der Waals surface area contributed by atoms with Crippen LogP contribution in [0.15, 0.2) is 24.3 Å². The van der Waals surface area contributed by atoms with Crippen LogP contribution < -0.4 is 10.1 Å². The summed E-state index contributed by atoms with van der Waals surface area (Å²) in [6.45, 7) is 4.23. The third kappa shape index (κ3) is 3.70. The number of ether oxygens (including phenoxy) is 2. The van der Waals surface area contributed by atoms with Gasteiger partial charge in [0, 0.05) is 26.1 Å². The van der Waals surface area contributed by atoms with Gasteiger partial charge in [-0.1, -0.05) is 18.2 Å². The number of benzene rings is 1. The lowest BCUT2D eigenvalue weighted by Gasteiger charge is -2.14. The molecule has 4 nitrogen and oxygen atoms in total. The fraction of sp³-hybridized carbons (Fsp3) is 0.571. The normalized spacial score (nSPS) is 19.3. The Morgan fingerprint density at radius 1 is 1.50 bits per heavy atom. The van der Waals surface area contributed by atoms with Crippen molar-refractivity contribution in [1.82, 2.24) is 5.32 Å². The molecule has 4 heteroatoms. The molecular formula is C14H21NO3. The van der Waals surface area contributed by atoms with Crippen molar-refractivity contribution in [3.63, 3.8) is 0 Å². The van der Waals surface area contributed by atoms with Gasteiger partial charge < -0.3 is 19.9 Å². The van der Waals surface area contributed by atoms with Crippen LogP contribution in [0.5, 0.6) is 5.75 Å². The molecule has 2 rings (SSSR count). The van der Waals surface area contributed by atoms with Crippen molar-refractivity contribution in [3.05, 3.63) is 29.8 Å². The molecule has 2 N–H and O–H groups in total. The number of fused-ring (bicyclic) bond motifs is 1. The molecule has 2 atom stereocenters. The van der Waals surface area contributed by atoms with Gasteiger partial charge in [0.15, 0.2) is 0 Å². The highest BCUT2D eigenvalue weighted by atomic mass is 16.5. The van der Waals surface area contributed by atoms with E-state index in [0.29, 0.717) is 19.8 Å². The number of hydrogen-bond acceptors (Lipinski definition) is 4. The second kappa shape index (κ2) is 6.73. The third-order valence-corrected chi connectivity index (χ3v) is 2.98. The zero-order chi connectivity index (χ0) is 12.8. The number of para-hydroxylation sites is 1. The van der Waals surface area contributed by atoms with Gasteiger partial charge in [-0.25, -0.2) is 0 Å². The van der Waals surface area contributed by atoms with Crippen LogP contribution in [-0.2, 0) is 11.2 Å². The summed E-state index contributed by atoms with van der Waals surface area (Å²) in [6, 6.07) is 8.11. The van der Waals surface area contributed by atoms with E-state index < -0.39 is 6.10 Å². The average Bonchev–Trinajstić information content (AvgIpc) is 2.79. The van der Waals surface area contributed by atoms with Crippen LogP contribution in [0.25, 0.3) is 0 Å². The summed E-state index contributed by atoms with van der Waals surface area (Å²) in [7, 11) is 0. The predicted molar refractivity (Wildman–Crippen MR) is 69.9 cm³/mol. The largest absolute Gasteiger partial charge is 0.488 e. The van der Waals surface area contributed by atoms with Crippen LogP contribution >= 0.6 is 0 Å². The van der Waals surface area contributed by atoms with E-state index in [-0.39, 0.29) is 6.10 Å². The Hall–Kier alpha value is -1.10. The van der Waals surface area contributed by atoms with Gasteiger partial charge in [0.05, 0.1) is 12.7 Å².